The molecule has 0 aliphatic heterocycles. The van der Waals surface area contributed by atoms with Gasteiger partial charge >= 0.3 is 0 Å². The van der Waals surface area contributed by atoms with Gasteiger partial charge in [0.15, 0.2) is 0 Å². The Morgan fingerprint density at radius 2 is 0.565 bits per heavy atom. The summed E-state index contributed by atoms with van der Waals surface area (Å²) in [6.07, 6.45) is 52.8. The van der Waals surface area contributed by atoms with Gasteiger partial charge in [-0.3, -0.25) is 0 Å². The van der Waals surface area contributed by atoms with Crippen LogP contribution in [0.4, 0.5) is 0 Å². The van der Waals surface area contributed by atoms with Crippen LogP contribution in [-0.4, -0.2) is 0 Å². The highest BCUT2D eigenvalue weighted by Crippen LogP contribution is 2.23. The highest BCUT2D eigenvalue weighted by Gasteiger charge is 2.07. The van der Waals surface area contributed by atoms with E-state index in [-0.39, 0.29) is 0 Å². The van der Waals surface area contributed by atoms with Crippen molar-refractivity contribution < 1.29 is 0 Å². The van der Waals surface area contributed by atoms with Gasteiger partial charge < -0.3 is 0 Å². The van der Waals surface area contributed by atoms with Crippen LogP contribution in [0.3, 0.4) is 0 Å². The van der Waals surface area contributed by atoms with Crippen molar-refractivity contribution in [1.29, 1.82) is 0 Å². The van der Waals surface area contributed by atoms with Gasteiger partial charge in [-0.25, -0.2) is 0 Å². The molecule has 0 saturated heterocycles. The SMILES string of the molecule is C=C(C)[C@H](CC)CCCCCC(C)CCCCCCCCCCCCCCCCCCCCCCCCCCCCCCC(C)C. The molecule has 0 nitrogen and oxygen atoms in total. The van der Waals surface area contributed by atoms with Crippen molar-refractivity contribution >= 4 is 0 Å². The molecule has 0 amide bonds. The third kappa shape index (κ3) is 36.6. The van der Waals surface area contributed by atoms with Gasteiger partial charge in [0.1, 0.15) is 0 Å². The second-order valence-corrected chi connectivity index (χ2v) is 16.6. The predicted molar refractivity (Wildman–Crippen MR) is 214 cm³/mol. The first kappa shape index (κ1) is 45.7. The van der Waals surface area contributed by atoms with Gasteiger partial charge in [0, 0.05) is 0 Å². The molecule has 0 aromatic rings. The molecule has 0 radical (unpaired) electrons. The van der Waals surface area contributed by atoms with E-state index in [1.807, 2.05) is 0 Å². The summed E-state index contributed by atoms with van der Waals surface area (Å²) in [5.41, 5.74) is 1.39. The minimum atomic E-state index is 0.764. The van der Waals surface area contributed by atoms with Gasteiger partial charge in [0.2, 0.25) is 0 Å². The summed E-state index contributed by atoms with van der Waals surface area (Å²) in [6.45, 7) is 15.9. The number of unbranched alkanes of at least 4 members (excludes halogenated alkanes) is 29. The van der Waals surface area contributed by atoms with Crippen molar-refractivity contribution in [2.24, 2.45) is 17.8 Å². The van der Waals surface area contributed by atoms with E-state index in [1.54, 1.807) is 0 Å². The minimum absolute atomic E-state index is 0.764. The van der Waals surface area contributed by atoms with Crippen molar-refractivity contribution in [1.82, 2.24) is 0 Å². The van der Waals surface area contributed by atoms with E-state index in [9.17, 15) is 0 Å². The number of allylic oxidation sites excluding steroid dienone is 1. The van der Waals surface area contributed by atoms with Gasteiger partial charge in [-0.1, -0.05) is 258 Å². The van der Waals surface area contributed by atoms with E-state index in [0.29, 0.717) is 0 Å². The summed E-state index contributed by atoms with van der Waals surface area (Å²) >= 11 is 0. The molecule has 0 aromatic heterocycles. The molecule has 0 aliphatic carbocycles. The molecule has 276 valence electrons. The largest absolute Gasteiger partial charge is 0.0999 e. The van der Waals surface area contributed by atoms with Crippen LogP contribution in [0.1, 0.15) is 266 Å². The van der Waals surface area contributed by atoms with Crippen LogP contribution in [-0.2, 0) is 0 Å². The molecule has 0 spiro atoms. The van der Waals surface area contributed by atoms with Crippen molar-refractivity contribution in [3.8, 4) is 0 Å². The van der Waals surface area contributed by atoms with E-state index >= 15 is 0 Å². The molecule has 0 bridgehead atoms. The smallest absolute Gasteiger partial charge is 0.0211 e. The summed E-state index contributed by atoms with van der Waals surface area (Å²) < 4.78 is 0. The Hall–Kier alpha value is -0.260. The molecule has 0 N–H and O–H groups in total. The summed E-state index contributed by atoms with van der Waals surface area (Å²) in [4.78, 5) is 0. The number of rotatable bonds is 39. The second kappa shape index (κ2) is 37.6. The third-order valence-corrected chi connectivity index (χ3v) is 11.2. The van der Waals surface area contributed by atoms with Crippen LogP contribution in [0.5, 0.6) is 0 Å². The normalized spacial score (nSPS) is 13.1. The first-order valence-electron chi connectivity index (χ1n) is 22.1. The lowest BCUT2D eigenvalue weighted by atomic mass is 9.91. The van der Waals surface area contributed by atoms with Crippen LogP contribution in [0.2, 0.25) is 0 Å². The van der Waals surface area contributed by atoms with E-state index in [4.69, 9.17) is 0 Å². The molecule has 2 atom stereocenters. The first-order chi connectivity index (χ1) is 22.5. The fraction of sp³-hybridized carbons (Fsp3) is 0.957. The Kier molecular flexibility index (Phi) is 37.3. The van der Waals surface area contributed by atoms with Gasteiger partial charge in [-0.05, 0) is 37.5 Å². The molecule has 46 heavy (non-hydrogen) atoms. The third-order valence-electron chi connectivity index (χ3n) is 11.2. The fourth-order valence-corrected chi connectivity index (χ4v) is 7.65. The van der Waals surface area contributed by atoms with Crippen molar-refractivity contribution in [3.05, 3.63) is 12.2 Å². The van der Waals surface area contributed by atoms with Gasteiger partial charge in [0.25, 0.3) is 0 Å². The average molecular weight is 645 g/mol. The highest BCUT2D eigenvalue weighted by atomic mass is 14.1. The molecule has 0 rings (SSSR count). The zero-order valence-electron chi connectivity index (χ0n) is 33.4. The Morgan fingerprint density at radius 1 is 0.348 bits per heavy atom. The second-order valence-electron chi connectivity index (χ2n) is 16.6. The summed E-state index contributed by atoms with van der Waals surface area (Å²) in [5, 5.41) is 0. The lowest BCUT2D eigenvalue weighted by molar-refractivity contribution is 0.422. The van der Waals surface area contributed by atoms with Gasteiger partial charge in [-0.15, -0.1) is 0 Å². The lowest BCUT2D eigenvalue weighted by Crippen LogP contribution is -2.00. The zero-order valence-corrected chi connectivity index (χ0v) is 33.4. The first-order valence-corrected chi connectivity index (χ1v) is 22.1. The number of hydrogen-bond donors (Lipinski definition) is 0. The highest BCUT2D eigenvalue weighted by molar-refractivity contribution is 4.95. The minimum Gasteiger partial charge on any atom is -0.0999 e. The number of hydrogen-bond acceptors (Lipinski definition) is 0. The van der Waals surface area contributed by atoms with E-state index in [2.05, 4.69) is 41.2 Å². The Balaban J connectivity index is 3.16. The average Bonchev–Trinajstić information content (AvgIpc) is 3.03. The summed E-state index contributed by atoms with van der Waals surface area (Å²) in [5.74, 6) is 2.59. The summed E-state index contributed by atoms with van der Waals surface area (Å²) in [6, 6.07) is 0. The maximum Gasteiger partial charge on any atom is -0.0211 e. The molecule has 0 aliphatic rings. The Labute approximate surface area is 294 Å². The molecule has 0 saturated carbocycles. The molecule has 0 aromatic carbocycles. The van der Waals surface area contributed by atoms with Crippen LogP contribution < -0.4 is 0 Å². The summed E-state index contributed by atoms with van der Waals surface area (Å²) in [7, 11) is 0. The monoisotopic (exact) mass is 645 g/mol. The van der Waals surface area contributed by atoms with E-state index < -0.39 is 0 Å². The van der Waals surface area contributed by atoms with Crippen molar-refractivity contribution in [2.75, 3.05) is 0 Å². The quantitative estimate of drug-likeness (QED) is 0.0461. The van der Waals surface area contributed by atoms with Gasteiger partial charge in [0.05, 0.1) is 0 Å². The standard InChI is InChI=1S/C46H92/c1-7-46(44(4)5)42-38-34-37-41-45(6)40-36-33-31-29-27-25-23-21-19-17-15-13-11-9-8-10-12-14-16-18-20-22-24-26-28-30-32-35-39-43(2)3/h43,45-46H,4,7-42H2,1-3,5-6H3/t45?,46-/m1/s1. The van der Waals surface area contributed by atoms with Crippen LogP contribution in [0, 0.1) is 17.8 Å². The van der Waals surface area contributed by atoms with Crippen molar-refractivity contribution in [2.45, 2.75) is 266 Å². The van der Waals surface area contributed by atoms with Crippen molar-refractivity contribution in [3.63, 3.8) is 0 Å². The molecule has 0 fully saturated rings. The molecule has 1 unspecified atom stereocenters. The topological polar surface area (TPSA) is 0 Å². The van der Waals surface area contributed by atoms with Crippen LogP contribution in [0.15, 0.2) is 12.2 Å². The van der Waals surface area contributed by atoms with E-state index in [0.717, 1.165) is 17.8 Å². The Bertz CT molecular complexity index is 573. The predicted octanol–water partition coefficient (Wildman–Crippen LogP) is 17.5. The fourth-order valence-electron chi connectivity index (χ4n) is 7.65. The molecular weight excluding hydrogens is 553 g/mol. The molecule has 0 heteroatoms. The molecular formula is C46H92. The maximum absolute atomic E-state index is 4.17. The molecule has 0 heterocycles. The van der Waals surface area contributed by atoms with Gasteiger partial charge in [-0.2, -0.15) is 0 Å². The lowest BCUT2D eigenvalue weighted by Gasteiger charge is -2.15. The maximum atomic E-state index is 4.17. The van der Waals surface area contributed by atoms with Crippen LogP contribution >= 0.6 is 0 Å². The zero-order chi connectivity index (χ0) is 33.8. The van der Waals surface area contributed by atoms with Crippen LogP contribution in [0.25, 0.3) is 0 Å². The Morgan fingerprint density at radius 3 is 0.804 bits per heavy atom. The van der Waals surface area contributed by atoms with E-state index in [1.165, 1.54) is 237 Å².